The molecule has 35 heavy (non-hydrogen) atoms. The van der Waals surface area contributed by atoms with Crippen LogP contribution in [0.15, 0.2) is 53.6 Å². The van der Waals surface area contributed by atoms with Crippen LogP contribution in [0.2, 0.25) is 10.0 Å². The second-order valence-electron chi connectivity index (χ2n) is 7.92. The number of aryl methyl sites for hydroxylation is 1. The van der Waals surface area contributed by atoms with Crippen molar-refractivity contribution < 1.29 is 17.9 Å². The van der Waals surface area contributed by atoms with Gasteiger partial charge in [0.1, 0.15) is 11.8 Å². The lowest BCUT2D eigenvalue weighted by molar-refractivity contribution is -0.121. The van der Waals surface area contributed by atoms with E-state index in [1.54, 1.807) is 36.4 Å². The van der Waals surface area contributed by atoms with Crippen LogP contribution in [0.1, 0.15) is 23.9 Å². The minimum Gasteiger partial charge on any atom is -0.497 e. The van der Waals surface area contributed by atoms with Gasteiger partial charge in [0.05, 0.1) is 36.0 Å². The van der Waals surface area contributed by atoms with Gasteiger partial charge in [0.25, 0.3) is 5.91 Å². The first-order chi connectivity index (χ1) is 16.4. The van der Waals surface area contributed by atoms with Crippen molar-refractivity contribution in [1.29, 1.82) is 0 Å². The van der Waals surface area contributed by atoms with Gasteiger partial charge in [-0.25, -0.2) is 13.8 Å². The molecular weight excluding hydrogens is 511 g/mol. The van der Waals surface area contributed by atoms with Crippen LogP contribution in [0.5, 0.6) is 5.75 Å². The molecule has 1 atom stereocenters. The SMILES string of the molecule is COc1ccc(N([C@@H](C)C(=O)N/N=C\c2cc(C)n(-c3ccc(Cl)cc3Cl)c2C)S(C)(=O)=O)cc1. The molecule has 1 N–H and O–H groups in total. The maximum absolute atomic E-state index is 12.8. The van der Waals surface area contributed by atoms with Crippen molar-refractivity contribution in [3.8, 4) is 11.4 Å². The molecule has 0 aliphatic rings. The number of benzene rings is 2. The number of rotatable bonds is 8. The molecule has 0 saturated carbocycles. The van der Waals surface area contributed by atoms with E-state index in [1.807, 2.05) is 30.5 Å². The van der Waals surface area contributed by atoms with Crippen LogP contribution >= 0.6 is 23.2 Å². The van der Waals surface area contributed by atoms with Crippen molar-refractivity contribution in [2.75, 3.05) is 17.7 Å². The zero-order valence-corrected chi connectivity index (χ0v) is 22.2. The summed E-state index contributed by atoms with van der Waals surface area (Å²) < 4.78 is 33.0. The molecule has 0 spiro atoms. The molecule has 8 nitrogen and oxygen atoms in total. The molecule has 0 aliphatic carbocycles. The van der Waals surface area contributed by atoms with Crippen LogP contribution in [0.25, 0.3) is 5.69 Å². The normalized spacial score (nSPS) is 12.5. The molecule has 186 valence electrons. The molecule has 1 amide bonds. The molecular formula is C24H26Cl2N4O4S. The minimum absolute atomic E-state index is 0.336. The van der Waals surface area contributed by atoms with E-state index in [0.717, 1.165) is 33.2 Å². The molecule has 0 aliphatic heterocycles. The van der Waals surface area contributed by atoms with E-state index >= 15 is 0 Å². The first-order valence-electron chi connectivity index (χ1n) is 10.5. The van der Waals surface area contributed by atoms with Crippen molar-refractivity contribution in [2.24, 2.45) is 5.10 Å². The van der Waals surface area contributed by atoms with Gasteiger partial charge >= 0.3 is 0 Å². The van der Waals surface area contributed by atoms with Crippen molar-refractivity contribution in [1.82, 2.24) is 9.99 Å². The summed E-state index contributed by atoms with van der Waals surface area (Å²) >= 11 is 12.4. The fourth-order valence-electron chi connectivity index (χ4n) is 3.75. The van der Waals surface area contributed by atoms with Crippen LogP contribution in [-0.4, -0.2) is 44.5 Å². The van der Waals surface area contributed by atoms with Gasteiger partial charge in [-0.1, -0.05) is 23.2 Å². The second kappa shape index (κ2) is 10.7. The van der Waals surface area contributed by atoms with E-state index in [4.69, 9.17) is 27.9 Å². The topological polar surface area (TPSA) is 93.0 Å². The number of hydrogen-bond donors (Lipinski definition) is 1. The van der Waals surface area contributed by atoms with Crippen LogP contribution in [0, 0.1) is 13.8 Å². The van der Waals surface area contributed by atoms with Gasteiger partial charge in [-0.05, 0) is 69.3 Å². The van der Waals surface area contributed by atoms with Gasteiger partial charge in [-0.2, -0.15) is 5.10 Å². The summed E-state index contributed by atoms with van der Waals surface area (Å²) in [7, 11) is -2.24. The maximum atomic E-state index is 12.8. The number of carbonyl (C=O) groups is 1. The third-order valence-electron chi connectivity index (χ3n) is 5.41. The van der Waals surface area contributed by atoms with Gasteiger partial charge < -0.3 is 9.30 Å². The molecule has 3 rings (SSSR count). The van der Waals surface area contributed by atoms with E-state index in [-0.39, 0.29) is 0 Å². The summed E-state index contributed by atoms with van der Waals surface area (Å²) in [5.41, 5.74) is 6.07. The third kappa shape index (κ3) is 5.98. The lowest BCUT2D eigenvalue weighted by Crippen LogP contribution is -2.46. The Kier molecular flexibility index (Phi) is 8.15. The van der Waals surface area contributed by atoms with Crippen molar-refractivity contribution in [2.45, 2.75) is 26.8 Å². The quantitative estimate of drug-likeness (QED) is 0.333. The Morgan fingerprint density at radius 2 is 1.80 bits per heavy atom. The number of hydrogen-bond acceptors (Lipinski definition) is 5. The van der Waals surface area contributed by atoms with Gasteiger partial charge in [0, 0.05) is 22.0 Å². The lowest BCUT2D eigenvalue weighted by atomic mass is 10.2. The maximum Gasteiger partial charge on any atom is 0.263 e. The minimum atomic E-state index is -3.75. The van der Waals surface area contributed by atoms with Crippen molar-refractivity contribution in [3.63, 3.8) is 0 Å². The van der Waals surface area contributed by atoms with Crippen LogP contribution in [0.3, 0.4) is 0 Å². The molecule has 0 saturated heterocycles. The summed E-state index contributed by atoms with van der Waals surface area (Å²) in [6.07, 6.45) is 2.55. The average molecular weight is 537 g/mol. The standard InChI is InChI=1S/C24H26Cl2N4O4S/c1-15-12-18(16(2)29(15)23-11-6-19(25)13-22(23)26)14-27-28-24(31)17(3)30(35(5,32)33)20-7-9-21(34-4)10-8-20/h6-14,17H,1-5H3,(H,28,31)/b27-14-/t17-/m0/s1. The fraction of sp³-hybridized carbons (Fsp3) is 0.250. The summed E-state index contributed by atoms with van der Waals surface area (Å²) in [5.74, 6) is -0.0153. The van der Waals surface area contributed by atoms with Gasteiger partial charge in [-0.3, -0.25) is 9.10 Å². The van der Waals surface area contributed by atoms with E-state index < -0.39 is 22.0 Å². The summed E-state index contributed by atoms with van der Waals surface area (Å²) in [4.78, 5) is 12.8. The molecule has 1 heterocycles. The van der Waals surface area contributed by atoms with E-state index in [2.05, 4.69) is 10.5 Å². The van der Waals surface area contributed by atoms with Crippen LogP contribution in [-0.2, 0) is 14.8 Å². The first-order valence-corrected chi connectivity index (χ1v) is 13.1. The van der Waals surface area contributed by atoms with E-state index in [1.165, 1.54) is 20.2 Å². The molecule has 3 aromatic rings. The van der Waals surface area contributed by atoms with E-state index in [0.29, 0.717) is 21.5 Å². The number of carbonyl (C=O) groups excluding carboxylic acids is 1. The average Bonchev–Trinajstić information content (AvgIpc) is 3.06. The van der Waals surface area contributed by atoms with Gasteiger partial charge in [-0.15, -0.1) is 0 Å². The molecule has 0 radical (unpaired) electrons. The molecule has 11 heteroatoms. The number of nitrogens with one attached hydrogen (secondary N) is 1. The smallest absolute Gasteiger partial charge is 0.263 e. The predicted octanol–water partition coefficient (Wildman–Crippen LogP) is 4.71. The number of aromatic nitrogens is 1. The van der Waals surface area contributed by atoms with Crippen LogP contribution < -0.4 is 14.5 Å². The predicted molar refractivity (Wildman–Crippen MR) is 141 cm³/mol. The summed E-state index contributed by atoms with van der Waals surface area (Å²) in [5, 5.41) is 5.10. The third-order valence-corrected chi connectivity index (χ3v) is 7.19. The Balaban J connectivity index is 1.80. The lowest BCUT2D eigenvalue weighted by Gasteiger charge is -2.27. The Morgan fingerprint density at radius 3 is 2.37 bits per heavy atom. The number of hydrazone groups is 1. The fourth-order valence-corrected chi connectivity index (χ4v) is 5.42. The Bertz CT molecular complexity index is 1370. The molecule has 0 unspecified atom stereocenters. The Morgan fingerprint density at radius 1 is 1.14 bits per heavy atom. The first kappa shape index (κ1) is 26.6. The summed E-state index contributed by atoms with van der Waals surface area (Å²) in [6.45, 7) is 5.32. The molecule has 2 aromatic carbocycles. The largest absolute Gasteiger partial charge is 0.497 e. The number of ether oxygens (including phenoxy) is 1. The number of nitrogens with zero attached hydrogens (tertiary/aromatic N) is 3. The Labute approximate surface area is 215 Å². The summed E-state index contributed by atoms with van der Waals surface area (Å²) in [6, 6.07) is 12.5. The zero-order valence-electron chi connectivity index (χ0n) is 19.9. The zero-order chi connectivity index (χ0) is 25.9. The highest BCUT2D eigenvalue weighted by molar-refractivity contribution is 7.92. The number of methoxy groups -OCH3 is 1. The highest BCUT2D eigenvalue weighted by atomic mass is 35.5. The van der Waals surface area contributed by atoms with E-state index in [9.17, 15) is 13.2 Å². The van der Waals surface area contributed by atoms with Crippen molar-refractivity contribution >= 4 is 51.0 Å². The number of anilines is 1. The highest BCUT2D eigenvalue weighted by Gasteiger charge is 2.29. The van der Waals surface area contributed by atoms with Crippen molar-refractivity contribution in [3.05, 3.63) is 75.5 Å². The monoisotopic (exact) mass is 536 g/mol. The van der Waals surface area contributed by atoms with Gasteiger partial charge in [0.2, 0.25) is 10.0 Å². The van der Waals surface area contributed by atoms with Gasteiger partial charge in [0.15, 0.2) is 0 Å². The molecule has 1 aromatic heterocycles. The second-order valence-corrected chi connectivity index (χ2v) is 10.6. The number of sulfonamides is 1. The number of halogens is 2. The molecule has 0 bridgehead atoms. The highest BCUT2D eigenvalue weighted by Crippen LogP contribution is 2.28. The molecule has 0 fully saturated rings. The van der Waals surface area contributed by atoms with Crippen LogP contribution in [0.4, 0.5) is 5.69 Å². The Hall–Kier alpha value is -3.01. The number of amides is 1.